The number of carbonyl (C=O) groups is 2. The molecule has 1 aliphatic rings. The summed E-state index contributed by atoms with van der Waals surface area (Å²) in [6.07, 6.45) is 3.37. The summed E-state index contributed by atoms with van der Waals surface area (Å²) >= 11 is 0. The number of aromatic nitrogens is 2. The predicted molar refractivity (Wildman–Crippen MR) is 142 cm³/mol. The maximum atomic E-state index is 14.5. The number of hydrogen-bond acceptors (Lipinski definition) is 4. The molecule has 0 spiro atoms. The third kappa shape index (κ3) is 4.56. The van der Waals surface area contributed by atoms with Crippen LogP contribution in [0.2, 0.25) is 0 Å². The number of para-hydroxylation sites is 1. The lowest BCUT2D eigenvalue weighted by atomic mass is 9.93. The average Bonchev–Trinajstić information content (AvgIpc) is 3.36. The number of hydrogen-bond donors (Lipinski definition) is 0. The van der Waals surface area contributed by atoms with Crippen LogP contribution in [0.4, 0.5) is 4.39 Å². The maximum Gasteiger partial charge on any atom is 0.271 e. The van der Waals surface area contributed by atoms with E-state index in [0.717, 1.165) is 16.2 Å². The van der Waals surface area contributed by atoms with Crippen molar-refractivity contribution in [3.8, 4) is 23.0 Å². The lowest BCUT2D eigenvalue weighted by Gasteiger charge is -2.27. The summed E-state index contributed by atoms with van der Waals surface area (Å²) in [5.74, 6) is -1.51. The molecule has 0 saturated carbocycles. The van der Waals surface area contributed by atoms with Crippen LogP contribution in [0.5, 0.6) is 0 Å². The highest BCUT2D eigenvalue weighted by Gasteiger charge is 2.35. The number of nitriles is 1. The number of benzene rings is 3. The molecule has 0 unspecified atom stereocenters. The molecule has 1 aliphatic heterocycles. The molecule has 1 aromatic heterocycles. The van der Waals surface area contributed by atoms with E-state index in [4.69, 9.17) is 5.10 Å². The van der Waals surface area contributed by atoms with E-state index in [9.17, 15) is 19.2 Å². The van der Waals surface area contributed by atoms with Gasteiger partial charge in [0.1, 0.15) is 23.2 Å². The van der Waals surface area contributed by atoms with Crippen molar-refractivity contribution in [1.82, 2.24) is 14.7 Å². The first-order valence-electron chi connectivity index (χ1n) is 12.0. The minimum Gasteiger partial charge on any atom is -0.269 e. The van der Waals surface area contributed by atoms with Crippen LogP contribution in [-0.4, -0.2) is 26.5 Å². The Morgan fingerprint density at radius 2 is 1.63 bits per heavy atom. The van der Waals surface area contributed by atoms with Gasteiger partial charge in [0.05, 0.1) is 12.2 Å². The standard InChI is InChI=1S/C31H23FN4O2/c1-20-13-14-23(16-28(20)32)29-24(19-36(34-29)25-11-7-4-8-12-25)15-26-21(2)27(17-33)31(38)35(30(26)37)18-22-9-5-3-6-10-22/h3-16,19H,18H2,1-2H3/b26-15+. The van der Waals surface area contributed by atoms with Crippen molar-refractivity contribution >= 4 is 17.9 Å². The van der Waals surface area contributed by atoms with Crippen LogP contribution in [0.1, 0.15) is 23.6 Å². The Balaban J connectivity index is 1.67. The molecule has 0 fully saturated rings. The summed E-state index contributed by atoms with van der Waals surface area (Å²) in [5, 5.41) is 14.5. The van der Waals surface area contributed by atoms with Crippen LogP contribution in [0.3, 0.4) is 0 Å². The monoisotopic (exact) mass is 502 g/mol. The Morgan fingerprint density at radius 3 is 2.29 bits per heavy atom. The van der Waals surface area contributed by atoms with E-state index in [1.807, 2.05) is 66.7 Å². The molecule has 7 heteroatoms. The second kappa shape index (κ2) is 10.1. The van der Waals surface area contributed by atoms with E-state index >= 15 is 0 Å². The summed E-state index contributed by atoms with van der Waals surface area (Å²) in [4.78, 5) is 27.8. The Bertz CT molecular complexity index is 1660. The van der Waals surface area contributed by atoms with Gasteiger partial charge < -0.3 is 0 Å². The van der Waals surface area contributed by atoms with Crippen molar-refractivity contribution in [2.75, 3.05) is 0 Å². The quantitative estimate of drug-likeness (QED) is 0.256. The maximum absolute atomic E-state index is 14.5. The van der Waals surface area contributed by atoms with Gasteiger partial charge in [0.15, 0.2) is 0 Å². The molecule has 6 nitrogen and oxygen atoms in total. The molecule has 0 N–H and O–H groups in total. The highest BCUT2D eigenvalue weighted by atomic mass is 19.1. The van der Waals surface area contributed by atoms with Gasteiger partial charge >= 0.3 is 0 Å². The minimum absolute atomic E-state index is 0.0353. The highest BCUT2D eigenvalue weighted by Crippen LogP contribution is 2.32. The Hall–Kier alpha value is -5.09. The summed E-state index contributed by atoms with van der Waals surface area (Å²) in [6.45, 7) is 3.31. The van der Waals surface area contributed by atoms with Crippen LogP contribution in [0.15, 0.2) is 102 Å². The van der Waals surface area contributed by atoms with Crippen molar-refractivity contribution in [1.29, 1.82) is 5.26 Å². The van der Waals surface area contributed by atoms with Crippen LogP contribution in [0.25, 0.3) is 23.0 Å². The fourth-order valence-electron chi connectivity index (χ4n) is 4.37. The smallest absolute Gasteiger partial charge is 0.269 e. The number of carbonyl (C=O) groups excluding carboxylic acids is 2. The van der Waals surface area contributed by atoms with E-state index in [1.54, 1.807) is 42.9 Å². The van der Waals surface area contributed by atoms with Crippen molar-refractivity contribution in [3.63, 3.8) is 0 Å². The third-order valence-corrected chi connectivity index (χ3v) is 6.52. The highest BCUT2D eigenvalue weighted by molar-refractivity contribution is 6.19. The zero-order valence-corrected chi connectivity index (χ0v) is 20.9. The normalized spacial score (nSPS) is 14.8. The Labute approximate surface area is 219 Å². The molecule has 2 heterocycles. The first-order valence-corrected chi connectivity index (χ1v) is 12.0. The molecule has 3 aromatic carbocycles. The second-order valence-electron chi connectivity index (χ2n) is 9.03. The first-order chi connectivity index (χ1) is 18.4. The van der Waals surface area contributed by atoms with Crippen LogP contribution < -0.4 is 0 Å². The van der Waals surface area contributed by atoms with Gasteiger partial charge in [-0.1, -0.05) is 60.7 Å². The lowest BCUT2D eigenvalue weighted by Crippen LogP contribution is -2.42. The van der Waals surface area contributed by atoms with E-state index in [-0.39, 0.29) is 23.5 Å². The van der Waals surface area contributed by atoms with Crippen LogP contribution >= 0.6 is 0 Å². The molecular weight excluding hydrogens is 479 g/mol. The molecule has 0 saturated heterocycles. The first kappa shape index (κ1) is 24.6. The zero-order valence-electron chi connectivity index (χ0n) is 20.9. The van der Waals surface area contributed by atoms with Crippen LogP contribution in [-0.2, 0) is 16.1 Å². The average molecular weight is 503 g/mol. The number of halogens is 1. The number of rotatable bonds is 5. The van der Waals surface area contributed by atoms with Crippen molar-refractivity contribution in [2.45, 2.75) is 20.4 Å². The zero-order chi connectivity index (χ0) is 26.8. The van der Waals surface area contributed by atoms with Crippen molar-refractivity contribution in [2.24, 2.45) is 0 Å². The van der Waals surface area contributed by atoms with E-state index in [1.165, 1.54) is 6.07 Å². The number of amides is 2. The molecule has 4 aromatic rings. The Morgan fingerprint density at radius 1 is 0.947 bits per heavy atom. The van der Waals surface area contributed by atoms with Gasteiger partial charge in [-0.2, -0.15) is 10.4 Å². The van der Waals surface area contributed by atoms with E-state index in [2.05, 4.69) is 0 Å². The summed E-state index contributed by atoms with van der Waals surface area (Å²) in [5.41, 5.74) is 4.01. The summed E-state index contributed by atoms with van der Waals surface area (Å²) in [7, 11) is 0. The van der Waals surface area contributed by atoms with Gasteiger partial charge in [0, 0.05) is 22.9 Å². The van der Waals surface area contributed by atoms with Gasteiger partial charge in [-0.15, -0.1) is 0 Å². The largest absolute Gasteiger partial charge is 0.271 e. The van der Waals surface area contributed by atoms with Gasteiger partial charge in [-0.3, -0.25) is 14.5 Å². The lowest BCUT2D eigenvalue weighted by molar-refractivity contribution is -0.141. The molecule has 186 valence electrons. The van der Waals surface area contributed by atoms with Gasteiger partial charge in [-0.05, 0) is 54.8 Å². The van der Waals surface area contributed by atoms with Crippen molar-refractivity contribution < 1.29 is 14.0 Å². The Kier molecular flexibility index (Phi) is 6.55. The van der Waals surface area contributed by atoms with E-state index < -0.39 is 11.8 Å². The minimum atomic E-state index is -0.628. The SMILES string of the molecule is CC1=C(C#N)C(=O)N(Cc2ccccc2)C(=O)/C1=C/c1cn(-c2ccccc2)nc1-c1ccc(C)c(F)c1. The summed E-state index contributed by atoms with van der Waals surface area (Å²) < 4.78 is 16.2. The molecule has 0 radical (unpaired) electrons. The van der Waals surface area contributed by atoms with Crippen molar-refractivity contribution in [3.05, 3.63) is 124 Å². The number of nitrogens with zero attached hydrogens (tertiary/aromatic N) is 4. The predicted octanol–water partition coefficient (Wildman–Crippen LogP) is 5.78. The molecule has 38 heavy (non-hydrogen) atoms. The molecule has 2 amide bonds. The number of imide groups is 1. The van der Waals surface area contributed by atoms with Crippen LogP contribution in [0, 0.1) is 24.1 Å². The van der Waals surface area contributed by atoms with Gasteiger partial charge in [-0.25, -0.2) is 9.07 Å². The van der Waals surface area contributed by atoms with Gasteiger partial charge in [0.25, 0.3) is 11.8 Å². The fourth-order valence-corrected chi connectivity index (χ4v) is 4.37. The summed E-state index contributed by atoms with van der Waals surface area (Å²) in [6, 6.07) is 25.4. The molecule has 0 bridgehead atoms. The molecule has 0 aliphatic carbocycles. The molecule has 0 atom stereocenters. The molecule has 5 rings (SSSR count). The number of aryl methyl sites for hydroxylation is 1. The second-order valence-corrected chi connectivity index (χ2v) is 9.03. The fraction of sp³-hybridized carbons (Fsp3) is 0.0968. The topological polar surface area (TPSA) is 79.0 Å². The van der Waals surface area contributed by atoms with Gasteiger partial charge in [0.2, 0.25) is 0 Å². The molecular formula is C31H23FN4O2. The van der Waals surface area contributed by atoms with E-state index in [0.29, 0.717) is 28.0 Å². The third-order valence-electron chi connectivity index (χ3n) is 6.52.